The third-order valence-corrected chi connectivity index (χ3v) is 2.16. The van der Waals surface area contributed by atoms with Gasteiger partial charge in [0.15, 0.2) is 0 Å². The van der Waals surface area contributed by atoms with Crippen molar-refractivity contribution >= 4 is 11.6 Å². The molecule has 0 aromatic heterocycles. The molecule has 0 bridgehead atoms. The smallest absolute Gasteiger partial charge is 0.124 e. The predicted molar refractivity (Wildman–Crippen MR) is 67.8 cm³/mol. The number of ether oxygens (including phenoxy) is 1. The maximum atomic E-state index is 5.94. The highest BCUT2D eigenvalue weighted by Gasteiger charge is 2.06. The minimum Gasteiger partial charge on any atom is -0.491 e. The summed E-state index contributed by atoms with van der Waals surface area (Å²) in [6.07, 6.45) is 5.32. The van der Waals surface area contributed by atoms with Crippen molar-refractivity contribution in [2.45, 2.75) is 26.5 Å². The first kappa shape index (κ1) is 12.9. The molecule has 3 heteroatoms. The zero-order valence-electron chi connectivity index (χ0n) is 9.59. The number of benzene rings is 1. The summed E-state index contributed by atoms with van der Waals surface area (Å²) in [5.41, 5.74) is 1.02. The minimum absolute atomic E-state index is 0.146. The van der Waals surface area contributed by atoms with Crippen molar-refractivity contribution in [1.82, 2.24) is 5.32 Å². The van der Waals surface area contributed by atoms with E-state index in [1.54, 1.807) is 0 Å². The molecule has 0 atom stereocenters. The molecule has 0 aliphatic heterocycles. The number of halogens is 1. The highest BCUT2D eigenvalue weighted by atomic mass is 35.5. The van der Waals surface area contributed by atoms with E-state index in [1.165, 1.54) is 0 Å². The van der Waals surface area contributed by atoms with E-state index in [1.807, 2.05) is 32.0 Å². The van der Waals surface area contributed by atoms with Gasteiger partial charge in [-0.2, -0.15) is 0 Å². The van der Waals surface area contributed by atoms with Crippen LogP contribution in [0.15, 0.2) is 18.2 Å². The van der Waals surface area contributed by atoms with E-state index in [9.17, 15) is 0 Å². The third kappa shape index (κ3) is 4.14. The molecule has 0 unspecified atom stereocenters. The third-order valence-electron chi connectivity index (χ3n) is 1.93. The summed E-state index contributed by atoms with van der Waals surface area (Å²) < 4.78 is 5.68. The largest absolute Gasteiger partial charge is 0.491 e. The van der Waals surface area contributed by atoms with Gasteiger partial charge in [-0.15, -0.1) is 6.42 Å². The molecule has 1 rings (SSSR count). The summed E-state index contributed by atoms with van der Waals surface area (Å²) in [6.45, 7) is 5.18. The zero-order valence-corrected chi connectivity index (χ0v) is 10.3. The lowest BCUT2D eigenvalue weighted by atomic mass is 10.2. The van der Waals surface area contributed by atoms with E-state index in [0.717, 1.165) is 11.3 Å². The molecule has 0 aliphatic rings. The van der Waals surface area contributed by atoms with Crippen LogP contribution in [0, 0.1) is 12.3 Å². The summed E-state index contributed by atoms with van der Waals surface area (Å²) in [5.74, 6) is 3.38. The Morgan fingerprint density at radius 3 is 2.88 bits per heavy atom. The van der Waals surface area contributed by atoms with Crippen LogP contribution in [0.1, 0.15) is 19.4 Å². The molecule has 86 valence electrons. The van der Waals surface area contributed by atoms with Crippen LogP contribution in [-0.4, -0.2) is 12.6 Å². The maximum absolute atomic E-state index is 5.94. The molecule has 1 N–H and O–H groups in total. The minimum atomic E-state index is 0.146. The molecule has 0 heterocycles. The summed E-state index contributed by atoms with van der Waals surface area (Å²) in [5, 5.41) is 3.82. The first-order valence-corrected chi connectivity index (χ1v) is 5.60. The molecule has 2 nitrogen and oxygen atoms in total. The molecule has 0 saturated heterocycles. The van der Waals surface area contributed by atoms with Crippen molar-refractivity contribution in [2.75, 3.05) is 6.54 Å². The molecule has 16 heavy (non-hydrogen) atoms. The summed E-state index contributed by atoms with van der Waals surface area (Å²) in [6, 6.07) is 5.60. The first-order valence-electron chi connectivity index (χ1n) is 5.22. The number of hydrogen-bond donors (Lipinski definition) is 1. The number of terminal acetylenes is 1. The second-order valence-electron chi connectivity index (χ2n) is 3.73. The maximum Gasteiger partial charge on any atom is 0.124 e. The SMILES string of the molecule is C#CCNCc1cc(Cl)ccc1OC(C)C. The highest BCUT2D eigenvalue weighted by molar-refractivity contribution is 6.30. The van der Waals surface area contributed by atoms with Crippen LogP contribution < -0.4 is 10.1 Å². The molecule has 0 saturated carbocycles. The second kappa shape index (κ2) is 6.42. The van der Waals surface area contributed by atoms with Gasteiger partial charge in [-0.1, -0.05) is 17.5 Å². The fraction of sp³-hybridized carbons (Fsp3) is 0.385. The van der Waals surface area contributed by atoms with Gasteiger partial charge in [-0.3, -0.25) is 0 Å². The number of hydrogen-bond acceptors (Lipinski definition) is 2. The fourth-order valence-electron chi connectivity index (χ4n) is 1.32. The van der Waals surface area contributed by atoms with Crippen LogP contribution in [-0.2, 0) is 6.54 Å². The highest BCUT2D eigenvalue weighted by Crippen LogP contribution is 2.23. The Morgan fingerprint density at radius 2 is 2.25 bits per heavy atom. The number of nitrogens with one attached hydrogen (secondary N) is 1. The van der Waals surface area contributed by atoms with Crippen molar-refractivity contribution < 1.29 is 4.74 Å². The molecular formula is C13H16ClNO. The molecule has 0 spiro atoms. The molecule has 0 fully saturated rings. The van der Waals surface area contributed by atoms with Gasteiger partial charge in [-0.05, 0) is 32.0 Å². The average molecular weight is 238 g/mol. The topological polar surface area (TPSA) is 21.3 Å². The van der Waals surface area contributed by atoms with Crippen LogP contribution in [0.5, 0.6) is 5.75 Å². The standard InChI is InChI=1S/C13H16ClNO/c1-4-7-15-9-11-8-12(14)5-6-13(11)16-10(2)3/h1,5-6,8,10,15H,7,9H2,2-3H3. The Morgan fingerprint density at radius 1 is 1.50 bits per heavy atom. The zero-order chi connectivity index (χ0) is 12.0. The van der Waals surface area contributed by atoms with Crippen LogP contribution in [0.4, 0.5) is 0 Å². The van der Waals surface area contributed by atoms with Crippen molar-refractivity contribution in [3.05, 3.63) is 28.8 Å². The Hall–Kier alpha value is -1.17. The van der Waals surface area contributed by atoms with Gasteiger partial charge in [0.1, 0.15) is 5.75 Å². The van der Waals surface area contributed by atoms with Crippen LogP contribution in [0.25, 0.3) is 0 Å². The molecule has 0 amide bonds. The van der Waals surface area contributed by atoms with E-state index in [4.69, 9.17) is 22.8 Å². The van der Waals surface area contributed by atoms with E-state index in [-0.39, 0.29) is 6.10 Å². The lowest BCUT2D eigenvalue weighted by molar-refractivity contribution is 0.239. The summed E-state index contributed by atoms with van der Waals surface area (Å²) in [7, 11) is 0. The molecular weight excluding hydrogens is 222 g/mol. The van der Waals surface area contributed by atoms with Crippen molar-refractivity contribution in [3.63, 3.8) is 0 Å². The summed E-state index contributed by atoms with van der Waals surface area (Å²) >= 11 is 5.94. The normalized spacial score (nSPS) is 10.2. The van der Waals surface area contributed by atoms with Crippen LogP contribution >= 0.6 is 11.6 Å². The van der Waals surface area contributed by atoms with Crippen molar-refractivity contribution in [1.29, 1.82) is 0 Å². The molecule has 0 aliphatic carbocycles. The average Bonchev–Trinajstić information content (AvgIpc) is 2.22. The Balaban J connectivity index is 2.77. The van der Waals surface area contributed by atoms with Gasteiger partial charge in [0.05, 0.1) is 12.6 Å². The van der Waals surface area contributed by atoms with E-state index < -0.39 is 0 Å². The van der Waals surface area contributed by atoms with Gasteiger partial charge >= 0.3 is 0 Å². The lowest BCUT2D eigenvalue weighted by Gasteiger charge is -2.14. The molecule has 1 aromatic carbocycles. The first-order chi connectivity index (χ1) is 7.63. The Kier molecular flexibility index (Phi) is 5.18. The Bertz CT molecular complexity index is 382. The van der Waals surface area contributed by atoms with Gasteiger partial charge in [0.25, 0.3) is 0 Å². The van der Waals surface area contributed by atoms with Crippen molar-refractivity contribution in [2.24, 2.45) is 0 Å². The molecule has 1 aromatic rings. The van der Waals surface area contributed by atoms with Crippen molar-refractivity contribution in [3.8, 4) is 18.1 Å². The Labute approximate surface area is 102 Å². The molecule has 0 radical (unpaired) electrons. The summed E-state index contributed by atoms with van der Waals surface area (Å²) in [4.78, 5) is 0. The van der Waals surface area contributed by atoms with E-state index in [0.29, 0.717) is 18.1 Å². The monoisotopic (exact) mass is 237 g/mol. The van der Waals surface area contributed by atoms with Crippen LogP contribution in [0.2, 0.25) is 5.02 Å². The second-order valence-corrected chi connectivity index (χ2v) is 4.16. The van der Waals surface area contributed by atoms with Gasteiger partial charge in [-0.25, -0.2) is 0 Å². The predicted octanol–water partition coefficient (Wildman–Crippen LogP) is 2.85. The van der Waals surface area contributed by atoms with Gasteiger partial charge in [0.2, 0.25) is 0 Å². The number of rotatable bonds is 5. The van der Waals surface area contributed by atoms with E-state index in [2.05, 4.69) is 11.2 Å². The van der Waals surface area contributed by atoms with Gasteiger partial charge < -0.3 is 10.1 Å². The quantitative estimate of drug-likeness (QED) is 0.628. The lowest BCUT2D eigenvalue weighted by Crippen LogP contribution is -2.15. The van der Waals surface area contributed by atoms with Crippen LogP contribution in [0.3, 0.4) is 0 Å². The van der Waals surface area contributed by atoms with E-state index >= 15 is 0 Å². The fourth-order valence-corrected chi connectivity index (χ4v) is 1.52. The van der Waals surface area contributed by atoms with Gasteiger partial charge in [0, 0.05) is 17.1 Å².